The third-order valence-corrected chi connectivity index (χ3v) is 3.78. The van der Waals surface area contributed by atoms with Gasteiger partial charge in [0.25, 0.3) is 0 Å². The van der Waals surface area contributed by atoms with Crippen LogP contribution in [0.2, 0.25) is 0 Å². The smallest absolute Gasteiger partial charge is 0.194 e. The van der Waals surface area contributed by atoms with Crippen LogP contribution in [0.5, 0.6) is 0 Å². The number of benzene rings is 1. The maximum Gasteiger partial charge on any atom is 0.194 e. The fraction of sp³-hybridized carbons (Fsp3) is 0.250. The molecule has 2 aromatic heterocycles. The highest BCUT2D eigenvalue weighted by Crippen LogP contribution is 2.28. The maximum atomic E-state index is 5.88. The first-order valence-corrected chi connectivity index (χ1v) is 6.10. The van der Waals surface area contributed by atoms with E-state index in [1.165, 1.54) is 15.8 Å². The zero-order chi connectivity index (χ0) is 11.3. The standard InChI is InChI=1S/C12H13N3S/c1-7-6-15-10-4-3-9(8(2)13)5-11(10)16-12(15)14-7/h3-6,8H,13H2,1-2H3. The van der Waals surface area contributed by atoms with Crippen molar-refractivity contribution in [2.75, 3.05) is 0 Å². The van der Waals surface area contributed by atoms with E-state index in [0.29, 0.717) is 0 Å². The Morgan fingerprint density at radius 3 is 3.00 bits per heavy atom. The Morgan fingerprint density at radius 1 is 1.44 bits per heavy atom. The van der Waals surface area contributed by atoms with Crippen LogP contribution in [0.25, 0.3) is 15.2 Å². The minimum atomic E-state index is 0.0838. The van der Waals surface area contributed by atoms with Gasteiger partial charge < -0.3 is 5.73 Å². The van der Waals surface area contributed by atoms with Gasteiger partial charge in [0.05, 0.1) is 15.9 Å². The van der Waals surface area contributed by atoms with E-state index in [1.807, 2.05) is 13.8 Å². The number of rotatable bonds is 1. The molecule has 1 aromatic carbocycles. The number of hydrogen-bond donors (Lipinski definition) is 1. The Kier molecular flexibility index (Phi) is 2.02. The van der Waals surface area contributed by atoms with Crippen LogP contribution in [0.4, 0.5) is 0 Å². The van der Waals surface area contributed by atoms with Gasteiger partial charge in [0.2, 0.25) is 0 Å². The fourth-order valence-electron chi connectivity index (χ4n) is 1.91. The fourth-order valence-corrected chi connectivity index (χ4v) is 3.01. The molecule has 0 bridgehead atoms. The largest absolute Gasteiger partial charge is 0.324 e. The first-order valence-electron chi connectivity index (χ1n) is 5.29. The summed E-state index contributed by atoms with van der Waals surface area (Å²) in [6.07, 6.45) is 2.07. The van der Waals surface area contributed by atoms with Crippen LogP contribution in [0, 0.1) is 6.92 Å². The molecule has 0 fully saturated rings. The summed E-state index contributed by atoms with van der Waals surface area (Å²) in [7, 11) is 0. The number of thiazole rings is 1. The molecule has 4 heteroatoms. The molecule has 0 aliphatic heterocycles. The average Bonchev–Trinajstić information content (AvgIpc) is 2.72. The highest BCUT2D eigenvalue weighted by atomic mass is 32.1. The van der Waals surface area contributed by atoms with Gasteiger partial charge in [-0.15, -0.1) is 0 Å². The zero-order valence-corrected chi connectivity index (χ0v) is 10.1. The lowest BCUT2D eigenvalue weighted by Gasteiger charge is -2.04. The van der Waals surface area contributed by atoms with E-state index in [0.717, 1.165) is 10.7 Å². The summed E-state index contributed by atoms with van der Waals surface area (Å²) in [4.78, 5) is 5.53. The van der Waals surface area contributed by atoms with Crippen molar-refractivity contribution in [1.82, 2.24) is 9.38 Å². The molecule has 2 heterocycles. The number of fused-ring (bicyclic) bond motifs is 3. The van der Waals surface area contributed by atoms with Gasteiger partial charge in [0.15, 0.2) is 4.96 Å². The molecular weight excluding hydrogens is 218 g/mol. The molecule has 0 aliphatic rings. The SMILES string of the molecule is Cc1cn2c(n1)sc1cc(C(C)N)ccc12. The number of imidazole rings is 1. The van der Waals surface area contributed by atoms with Crippen molar-refractivity contribution in [2.45, 2.75) is 19.9 Å². The molecule has 2 N–H and O–H groups in total. The number of nitrogens with two attached hydrogens (primary N) is 1. The Balaban J connectivity index is 2.33. The highest BCUT2D eigenvalue weighted by Gasteiger charge is 2.08. The summed E-state index contributed by atoms with van der Waals surface area (Å²) in [5, 5.41) is 0. The van der Waals surface area contributed by atoms with E-state index in [2.05, 4.69) is 33.8 Å². The zero-order valence-electron chi connectivity index (χ0n) is 9.27. The van der Waals surface area contributed by atoms with Gasteiger partial charge in [0, 0.05) is 12.2 Å². The van der Waals surface area contributed by atoms with Gasteiger partial charge in [0.1, 0.15) is 0 Å². The van der Waals surface area contributed by atoms with Crippen molar-refractivity contribution in [3.8, 4) is 0 Å². The monoisotopic (exact) mass is 231 g/mol. The molecule has 1 atom stereocenters. The summed E-state index contributed by atoms with van der Waals surface area (Å²) in [6.45, 7) is 4.02. The lowest BCUT2D eigenvalue weighted by Crippen LogP contribution is -2.04. The van der Waals surface area contributed by atoms with Gasteiger partial charge in [-0.25, -0.2) is 4.98 Å². The average molecular weight is 231 g/mol. The van der Waals surface area contributed by atoms with Crippen LogP contribution in [-0.4, -0.2) is 9.38 Å². The second kappa shape index (κ2) is 3.30. The first kappa shape index (κ1) is 9.81. The molecule has 3 rings (SSSR count). The van der Waals surface area contributed by atoms with Crippen molar-refractivity contribution in [1.29, 1.82) is 0 Å². The predicted molar refractivity (Wildman–Crippen MR) is 67.9 cm³/mol. The van der Waals surface area contributed by atoms with Crippen molar-refractivity contribution in [3.63, 3.8) is 0 Å². The van der Waals surface area contributed by atoms with E-state index < -0.39 is 0 Å². The Hall–Kier alpha value is -1.39. The molecule has 82 valence electrons. The molecule has 1 unspecified atom stereocenters. The molecule has 0 aliphatic carbocycles. The molecule has 3 nitrogen and oxygen atoms in total. The van der Waals surface area contributed by atoms with Crippen LogP contribution < -0.4 is 5.73 Å². The van der Waals surface area contributed by atoms with Gasteiger partial charge in [-0.05, 0) is 31.5 Å². The number of nitrogens with zero attached hydrogens (tertiary/aromatic N) is 2. The van der Waals surface area contributed by atoms with Crippen molar-refractivity contribution in [3.05, 3.63) is 35.7 Å². The lowest BCUT2D eigenvalue weighted by molar-refractivity contribution is 0.820. The molecule has 0 saturated carbocycles. The van der Waals surface area contributed by atoms with Crippen molar-refractivity contribution in [2.24, 2.45) is 5.73 Å². The Bertz CT molecular complexity index is 663. The summed E-state index contributed by atoms with van der Waals surface area (Å²) in [5.41, 5.74) is 9.33. The first-order chi connectivity index (χ1) is 7.65. The molecule has 0 radical (unpaired) electrons. The van der Waals surface area contributed by atoms with Gasteiger partial charge in [-0.3, -0.25) is 4.40 Å². The van der Waals surface area contributed by atoms with E-state index in [-0.39, 0.29) is 6.04 Å². The van der Waals surface area contributed by atoms with Crippen LogP contribution in [-0.2, 0) is 0 Å². The van der Waals surface area contributed by atoms with E-state index >= 15 is 0 Å². The summed E-state index contributed by atoms with van der Waals surface area (Å²) < 4.78 is 3.39. The van der Waals surface area contributed by atoms with Gasteiger partial charge in [-0.2, -0.15) is 0 Å². The molecular formula is C12H13N3S. The maximum absolute atomic E-state index is 5.88. The minimum Gasteiger partial charge on any atom is -0.324 e. The molecule has 0 amide bonds. The number of hydrogen-bond acceptors (Lipinski definition) is 3. The van der Waals surface area contributed by atoms with Crippen LogP contribution in [0.3, 0.4) is 0 Å². The lowest BCUT2D eigenvalue weighted by atomic mass is 10.1. The molecule has 0 saturated heterocycles. The van der Waals surface area contributed by atoms with Crippen LogP contribution >= 0.6 is 11.3 Å². The van der Waals surface area contributed by atoms with Crippen LogP contribution in [0.15, 0.2) is 24.4 Å². The number of aromatic nitrogens is 2. The minimum absolute atomic E-state index is 0.0838. The van der Waals surface area contributed by atoms with E-state index in [1.54, 1.807) is 11.3 Å². The van der Waals surface area contributed by atoms with Crippen molar-refractivity contribution >= 4 is 26.5 Å². The molecule has 16 heavy (non-hydrogen) atoms. The quantitative estimate of drug-likeness (QED) is 0.699. The van der Waals surface area contributed by atoms with E-state index in [9.17, 15) is 0 Å². The summed E-state index contributed by atoms with van der Waals surface area (Å²) in [5.74, 6) is 0. The van der Waals surface area contributed by atoms with Crippen LogP contribution in [0.1, 0.15) is 24.2 Å². The second-order valence-corrected chi connectivity index (χ2v) is 5.16. The Labute approximate surface area is 97.5 Å². The summed E-state index contributed by atoms with van der Waals surface area (Å²) in [6, 6.07) is 6.46. The summed E-state index contributed by atoms with van der Waals surface area (Å²) >= 11 is 1.71. The second-order valence-electron chi connectivity index (χ2n) is 4.15. The third kappa shape index (κ3) is 1.34. The van der Waals surface area contributed by atoms with Gasteiger partial charge in [-0.1, -0.05) is 17.4 Å². The van der Waals surface area contributed by atoms with Crippen molar-refractivity contribution < 1.29 is 0 Å². The molecule has 0 spiro atoms. The topological polar surface area (TPSA) is 43.3 Å². The van der Waals surface area contributed by atoms with E-state index in [4.69, 9.17) is 5.73 Å². The third-order valence-electron chi connectivity index (χ3n) is 2.76. The number of aryl methyl sites for hydroxylation is 1. The Morgan fingerprint density at radius 2 is 2.25 bits per heavy atom. The predicted octanol–water partition coefficient (Wildman–Crippen LogP) is 2.88. The highest BCUT2D eigenvalue weighted by molar-refractivity contribution is 7.23. The van der Waals surface area contributed by atoms with Gasteiger partial charge >= 0.3 is 0 Å². The normalized spacial score (nSPS) is 13.7. The molecule has 3 aromatic rings.